The van der Waals surface area contributed by atoms with Crippen LogP contribution in [0.25, 0.3) is 0 Å². The maximum atomic E-state index is 3.55. The zero-order valence-corrected chi connectivity index (χ0v) is 12.8. The van der Waals surface area contributed by atoms with Crippen molar-refractivity contribution in [2.24, 2.45) is 0 Å². The minimum atomic E-state index is 0.535. The lowest BCUT2D eigenvalue weighted by Gasteiger charge is -2.30. The Labute approximate surface area is 125 Å². The summed E-state index contributed by atoms with van der Waals surface area (Å²) in [7, 11) is 0. The van der Waals surface area contributed by atoms with Crippen LogP contribution in [0, 0.1) is 0 Å². The normalized spacial score (nSPS) is 18.8. The van der Waals surface area contributed by atoms with Gasteiger partial charge in [0.1, 0.15) is 0 Å². The predicted octanol–water partition coefficient (Wildman–Crippen LogP) is 3.80. The molecule has 0 fully saturated rings. The molecule has 20 heavy (non-hydrogen) atoms. The average Bonchev–Trinajstić information content (AvgIpc) is 2.90. The van der Waals surface area contributed by atoms with Gasteiger partial charge >= 0.3 is 0 Å². The fourth-order valence-corrected chi connectivity index (χ4v) is 3.79. The highest BCUT2D eigenvalue weighted by Gasteiger charge is 2.23. The van der Waals surface area contributed by atoms with E-state index in [1.165, 1.54) is 22.4 Å². The summed E-state index contributed by atoms with van der Waals surface area (Å²) < 4.78 is 0. The fourth-order valence-electron chi connectivity index (χ4n) is 3.06. The van der Waals surface area contributed by atoms with Gasteiger partial charge in [-0.2, -0.15) is 0 Å². The third-order valence-corrected chi connectivity index (χ3v) is 4.97. The summed E-state index contributed by atoms with van der Waals surface area (Å²) in [6.45, 7) is 6.53. The molecule has 2 heterocycles. The molecule has 3 heteroatoms. The summed E-state index contributed by atoms with van der Waals surface area (Å²) in [6.07, 6.45) is 1.19. The highest BCUT2D eigenvalue weighted by Crippen LogP contribution is 2.30. The number of fused-ring (bicyclic) bond motifs is 1. The number of benzene rings is 1. The van der Waals surface area contributed by atoms with Gasteiger partial charge in [0.15, 0.2) is 0 Å². The highest BCUT2D eigenvalue weighted by molar-refractivity contribution is 7.09. The zero-order chi connectivity index (χ0) is 13.8. The van der Waals surface area contributed by atoms with Crippen LogP contribution in [0.15, 0.2) is 41.8 Å². The molecule has 2 nitrogen and oxygen atoms in total. The van der Waals surface area contributed by atoms with Crippen LogP contribution in [0.3, 0.4) is 0 Å². The van der Waals surface area contributed by atoms with Gasteiger partial charge in [-0.3, -0.25) is 4.90 Å². The molecular formula is C17H22N2S. The summed E-state index contributed by atoms with van der Waals surface area (Å²) >= 11 is 1.86. The van der Waals surface area contributed by atoms with Crippen molar-refractivity contribution < 1.29 is 0 Å². The maximum absolute atomic E-state index is 3.55. The molecule has 0 saturated carbocycles. The second-order valence-corrected chi connectivity index (χ2v) is 6.35. The van der Waals surface area contributed by atoms with Gasteiger partial charge in [0, 0.05) is 24.0 Å². The quantitative estimate of drug-likeness (QED) is 0.919. The van der Waals surface area contributed by atoms with Gasteiger partial charge in [0.25, 0.3) is 0 Å². The Hall–Kier alpha value is -1.16. The summed E-state index contributed by atoms with van der Waals surface area (Å²) in [6, 6.07) is 13.8. The Balaban J connectivity index is 1.86. The monoisotopic (exact) mass is 286 g/mol. The molecule has 1 aliphatic heterocycles. The number of hydrogen-bond donors (Lipinski definition) is 1. The van der Waals surface area contributed by atoms with E-state index in [1.54, 1.807) is 0 Å². The van der Waals surface area contributed by atoms with Gasteiger partial charge in [0.2, 0.25) is 0 Å². The Morgan fingerprint density at radius 3 is 2.95 bits per heavy atom. The van der Waals surface area contributed by atoms with Crippen LogP contribution in [0.5, 0.6) is 0 Å². The maximum Gasteiger partial charge on any atom is 0.0367 e. The molecule has 106 valence electrons. The van der Waals surface area contributed by atoms with Crippen molar-refractivity contribution >= 4 is 11.3 Å². The number of nitrogens with zero attached hydrogens (tertiary/aromatic N) is 1. The Morgan fingerprint density at radius 2 is 2.15 bits per heavy atom. The van der Waals surface area contributed by atoms with Crippen LogP contribution in [-0.4, -0.2) is 18.0 Å². The predicted molar refractivity (Wildman–Crippen MR) is 85.9 cm³/mol. The molecule has 0 aliphatic carbocycles. The number of nitrogens with one attached hydrogen (secondary N) is 1. The SMILES string of the molecule is CCN(Cc1cccs1)C1CCNCc2ccccc21. The molecule has 1 unspecified atom stereocenters. The van der Waals surface area contributed by atoms with Crippen LogP contribution in [-0.2, 0) is 13.1 Å². The molecule has 2 aromatic rings. The van der Waals surface area contributed by atoms with Crippen molar-refractivity contribution in [3.8, 4) is 0 Å². The van der Waals surface area contributed by atoms with Gasteiger partial charge in [-0.15, -0.1) is 11.3 Å². The minimum Gasteiger partial charge on any atom is -0.313 e. The first-order valence-corrected chi connectivity index (χ1v) is 8.31. The molecule has 0 radical (unpaired) electrons. The van der Waals surface area contributed by atoms with Crippen LogP contribution in [0.4, 0.5) is 0 Å². The third-order valence-electron chi connectivity index (χ3n) is 4.11. The second kappa shape index (κ2) is 6.53. The summed E-state index contributed by atoms with van der Waals surface area (Å²) in [4.78, 5) is 4.07. The topological polar surface area (TPSA) is 15.3 Å². The molecule has 1 aromatic carbocycles. The van der Waals surface area contributed by atoms with Gasteiger partial charge < -0.3 is 5.32 Å². The van der Waals surface area contributed by atoms with Crippen LogP contribution < -0.4 is 5.32 Å². The molecule has 0 amide bonds. The Bertz CT molecular complexity index is 536. The van der Waals surface area contributed by atoms with E-state index in [0.717, 1.165) is 26.2 Å². The van der Waals surface area contributed by atoms with Crippen molar-refractivity contribution in [2.75, 3.05) is 13.1 Å². The largest absolute Gasteiger partial charge is 0.313 e. The van der Waals surface area contributed by atoms with E-state index in [1.807, 2.05) is 11.3 Å². The lowest BCUT2D eigenvalue weighted by atomic mass is 9.98. The standard InChI is InChI=1S/C17H22N2S/c1-2-19(13-15-7-5-11-20-15)17-9-10-18-12-14-6-3-4-8-16(14)17/h3-8,11,17-18H,2,9-10,12-13H2,1H3. The van der Waals surface area contributed by atoms with E-state index >= 15 is 0 Å². The summed E-state index contributed by atoms with van der Waals surface area (Å²) in [5.74, 6) is 0. The van der Waals surface area contributed by atoms with E-state index in [-0.39, 0.29) is 0 Å². The number of thiophene rings is 1. The average molecular weight is 286 g/mol. The van der Waals surface area contributed by atoms with Crippen LogP contribution in [0.2, 0.25) is 0 Å². The molecule has 0 saturated heterocycles. The van der Waals surface area contributed by atoms with Crippen molar-refractivity contribution in [1.82, 2.24) is 10.2 Å². The van der Waals surface area contributed by atoms with E-state index in [0.29, 0.717) is 6.04 Å². The molecule has 0 spiro atoms. The third kappa shape index (κ3) is 2.95. The van der Waals surface area contributed by atoms with Crippen molar-refractivity contribution in [3.05, 3.63) is 57.8 Å². The first-order chi connectivity index (χ1) is 9.88. The van der Waals surface area contributed by atoms with Crippen LogP contribution in [0.1, 0.15) is 35.4 Å². The van der Waals surface area contributed by atoms with E-state index < -0.39 is 0 Å². The smallest absolute Gasteiger partial charge is 0.0367 e. The number of hydrogen-bond acceptors (Lipinski definition) is 3. The van der Waals surface area contributed by atoms with E-state index in [9.17, 15) is 0 Å². The van der Waals surface area contributed by atoms with E-state index in [2.05, 4.69) is 58.9 Å². The lowest BCUT2D eigenvalue weighted by Crippen LogP contribution is -2.29. The Kier molecular flexibility index (Phi) is 4.51. The first kappa shape index (κ1) is 13.8. The lowest BCUT2D eigenvalue weighted by molar-refractivity contribution is 0.192. The second-order valence-electron chi connectivity index (χ2n) is 5.32. The molecular weight excluding hydrogens is 264 g/mol. The molecule has 1 atom stereocenters. The van der Waals surface area contributed by atoms with Gasteiger partial charge in [0.05, 0.1) is 0 Å². The minimum absolute atomic E-state index is 0.535. The summed E-state index contributed by atoms with van der Waals surface area (Å²) in [5, 5.41) is 5.72. The molecule has 1 N–H and O–H groups in total. The van der Waals surface area contributed by atoms with Crippen molar-refractivity contribution in [2.45, 2.75) is 32.5 Å². The van der Waals surface area contributed by atoms with E-state index in [4.69, 9.17) is 0 Å². The summed E-state index contributed by atoms with van der Waals surface area (Å²) in [5.41, 5.74) is 2.97. The first-order valence-electron chi connectivity index (χ1n) is 7.43. The number of rotatable bonds is 4. The van der Waals surface area contributed by atoms with Crippen molar-refractivity contribution in [3.63, 3.8) is 0 Å². The molecule has 0 bridgehead atoms. The van der Waals surface area contributed by atoms with Gasteiger partial charge in [-0.05, 0) is 42.1 Å². The Morgan fingerprint density at radius 1 is 1.25 bits per heavy atom. The highest BCUT2D eigenvalue weighted by atomic mass is 32.1. The van der Waals surface area contributed by atoms with Gasteiger partial charge in [-0.1, -0.05) is 37.3 Å². The molecule has 3 rings (SSSR count). The van der Waals surface area contributed by atoms with Crippen LogP contribution >= 0.6 is 11.3 Å². The zero-order valence-electron chi connectivity index (χ0n) is 12.0. The van der Waals surface area contributed by atoms with Gasteiger partial charge in [-0.25, -0.2) is 0 Å². The fraction of sp³-hybridized carbons (Fsp3) is 0.412. The molecule has 1 aliphatic rings. The molecule has 1 aromatic heterocycles. The van der Waals surface area contributed by atoms with Crippen molar-refractivity contribution in [1.29, 1.82) is 0 Å².